The number of piperidine rings is 1. The molecule has 0 spiro atoms. The van der Waals surface area contributed by atoms with Crippen LogP contribution >= 0.6 is 0 Å². The second-order valence-corrected chi connectivity index (χ2v) is 5.85. The molecule has 0 saturated carbocycles. The summed E-state index contributed by atoms with van der Waals surface area (Å²) >= 11 is 0. The van der Waals surface area contributed by atoms with Gasteiger partial charge in [0.2, 0.25) is 0 Å². The topological polar surface area (TPSA) is 27.3 Å². The van der Waals surface area contributed by atoms with Crippen LogP contribution in [0.5, 0.6) is 0 Å². The Morgan fingerprint density at radius 3 is 2.44 bits per heavy atom. The molecule has 1 saturated heterocycles. The molecule has 0 atom stereocenters. The van der Waals surface area contributed by atoms with Crippen molar-refractivity contribution in [2.24, 2.45) is 5.92 Å². The van der Waals surface area contributed by atoms with Crippen LogP contribution in [0.3, 0.4) is 0 Å². The first-order chi connectivity index (χ1) is 7.53. The number of hydrogen-bond acceptors (Lipinski definition) is 3. The molecular formula is C13H29N3. The summed E-state index contributed by atoms with van der Waals surface area (Å²) in [5.41, 5.74) is 0.215. The zero-order chi connectivity index (χ0) is 12.0. The van der Waals surface area contributed by atoms with Gasteiger partial charge in [-0.05, 0) is 72.8 Å². The van der Waals surface area contributed by atoms with E-state index in [2.05, 4.69) is 36.4 Å². The summed E-state index contributed by atoms with van der Waals surface area (Å²) in [6, 6.07) is 0. The highest BCUT2D eigenvalue weighted by atomic mass is 15.1. The number of likely N-dealkylation sites (tertiary alicyclic amines) is 1. The van der Waals surface area contributed by atoms with Crippen LogP contribution in [0.4, 0.5) is 0 Å². The Morgan fingerprint density at radius 2 is 1.88 bits per heavy atom. The molecule has 1 rings (SSSR count). The first-order valence-corrected chi connectivity index (χ1v) is 6.62. The van der Waals surface area contributed by atoms with Crippen molar-refractivity contribution < 1.29 is 0 Å². The van der Waals surface area contributed by atoms with Gasteiger partial charge < -0.3 is 15.5 Å². The average Bonchev–Trinajstić information content (AvgIpc) is 2.27. The highest BCUT2D eigenvalue weighted by molar-refractivity contribution is 4.78. The molecular weight excluding hydrogens is 198 g/mol. The van der Waals surface area contributed by atoms with E-state index in [0.717, 1.165) is 12.5 Å². The Hall–Kier alpha value is -0.120. The van der Waals surface area contributed by atoms with Crippen molar-refractivity contribution in [3.05, 3.63) is 0 Å². The molecule has 0 bridgehead atoms. The smallest absolute Gasteiger partial charge is 0.0246 e. The molecule has 0 unspecified atom stereocenters. The van der Waals surface area contributed by atoms with E-state index >= 15 is 0 Å². The van der Waals surface area contributed by atoms with E-state index in [1.807, 2.05) is 7.05 Å². The summed E-state index contributed by atoms with van der Waals surface area (Å²) < 4.78 is 0. The van der Waals surface area contributed by atoms with Crippen LogP contribution in [-0.2, 0) is 0 Å². The quantitative estimate of drug-likeness (QED) is 0.670. The Morgan fingerprint density at radius 1 is 1.25 bits per heavy atom. The van der Waals surface area contributed by atoms with Crippen molar-refractivity contribution in [3.63, 3.8) is 0 Å². The second-order valence-electron chi connectivity index (χ2n) is 5.85. The molecule has 1 fully saturated rings. The molecule has 1 heterocycles. The second kappa shape index (κ2) is 6.58. The molecule has 0 aliphatic carbocycles. The summed E-state index contributed by atoms with van der Waals surface area (Å²) in [5, 5.41) is 6.88. The molecule has 0 aromatic carbocycles. The zero-order valence-corrected chi connectivity index (χ0v) is 11.5. The van der Waals surface area contributed by atoms with Crippen molar-refractivity contribution in [3.8, 4) is 0 Å². The van der Waals surface area contributed by atoms with Crippen LogP contribution in [0.1, 0.15) is 33.1 Å². The minimum absolute atomic E-state index is 0.215. The predicted octanol–water partition coefficient (Wildman–Crippen LogP) is 1.31. The van der Waals surface area contributed by atoms with Gasteiger partial charge in [0.05, 0.1) is 0 Å². The summed E-state index contributed by atoms with van der Waals surface area (Å²) in [7, 11) is 4.25. The summed E-state index contributed by atoms with van der Waals surface area (Å²) in [6.45, 7) is 9.25. The third-order valence-electron chi connectivity index (χ3n) is 3.81. The first-order valence-electron chi connectivity index (χ1n) is 6.62. The maximum Gasteiger partial charge on any atom is 0.0246 e. The number of hydrogen-bond donors (Lipinski definition) is 2. The Bertz CT molecular complexity index is 184. The predicted molar refractivity (Wildman–Crippen MR) is 70.8 cm³/mol. The van der Waals surface area contributed by atoms with Crippen molar-refractivity contribution in [1.82, 2.24) is 15.5 Å². The van der Waals surface area contributed by atoms with Gasteiger partial charge in [-0.2, -0.15) is 0 Å². The fourth-order valence-corrected chi connectivity index (χ4v) is 2.15. The summed E-state index contributed by atoms with van der Waals surface area (Å²) in [4.78, 5) is 2.44. The molecule has 1 aliphatic rings. The van der Waals surface area contributed by atoms with Gasteiger partial charge >= 0.3 is 0 Å². The molecule has 2 N–H and O–H groups in total. The highest BCUT2D eigenvalue weighted by Gasteiger charge is 2.17. The van der Waals surface area contributed by atoms with Gasteiger partial charge in [0.1, 0.15) is 0 Å². The number of likely N-dealkylation sites (N-methyl/N-ethyl adjacent to an activating group) is 1. The number of nitrogens with one attached hydrogen (secondary N) is 2. The van der Waals surface area contributed by atoms with Gasteiger partial charge in [0, 0.05) is 12.1 Å². The van der Waals surface area contributed by atoms with Crippen LogP contribution in [0.2, 0.25) is 0 Å². The van der Waals surface area contributed by atoms with Gasteiger partial charge in [0.25, 0.3) is 0 Å². The van der Waals surface area contributed by atoms with Gasteiger partial charge in [0.15, 0.2) is 0 Å². The number of rotatable bonds is 6. The molecule has 0 aromatic rings. The van der Waals surface area contributed by atoms with E-state index < -0.39 is 0 Å². The Kier molecular flexibility index (Phi) is 5.73. The Labute approximate surface area is 101 Å². The monoisotopic (exact) mass is 227 g/mol. The lowest BCUT2D eigenvalue weighted by molar-refractivity contribution is 0.210. The van der Waals surface area contributed by atoms with Crippen LogP contribution in [0.15, 0.2) is 0 Å². The first kappa shape index (κ1) is 13.9. The average molecular weight is 227 g/mol. The van der Waals surface area contributed by atoms with Crippen LogP contribution in [0, 0.1) is 5.92 Å². The van der Waals surface area contributed by atoms with Gasteiger partial charge in [-0.1, -0.05) is 0 Å². The molecule has 0 aromatic heterocycles. The number of nitrogens with zero attached hydrogens (tertiary/aromatic N) is 1. The third kappa shape index (κ3) is 5.28. The maximum atomic E-state index is 3.56. The molecule has 1 aliphatic heterocycles. The highest BCUT2D eigenvalue weighted by Crippen LogP contribution is 2.18. The summed E-state index contributed by atoms with van der Waals surface area (Å²) in [6.07, 6.45) is 4.11. The zero-order valence-electron chi connectivity index (χ0n) is 11.5. The van der Waals surface area contributed by atoms with E-state index in [9.17, 15) is 0 Å². The van der Waals surface area contributed by atoms with Crippen molar-refractivity contribution in [2.45, 2.75) is 38.6 Å². The largest absolute Gasteiger partial charge is 0.315 e. The van der Waals surface area contributed by atoms with Crippen molar-refractivity contribution in [1.29, 1.82) is 0 Å². The van der Waals surface area contributed by atoms with Crippen molar-refractivity contribution >= 4 is 0 Å². The van der Waals surface area contributed by atoms with Gasteiger partial charge in [-0.25, -0.2) is 0 Å². The lowest BCUT2D eigenvalue weighted by Gasteiger charge is -2.29. The molecule has 96 valence electrons. The molecule has 3 nitrogen and oxygen atoms in total. The molecule has 16 heavy (non-hydrogen) atoms. The van der Waals surface area contributed by atoms with E-state index in [1.54, 1.807) is 0 Å². The van der Waals surface area contributed by atoms with E-state index in [-0.39, 0.29) is 5.54 Å². The van der Waals surface area contributed by atoms with E-state index in [0.29, 0.717) is 0 Å². The third-order valence-corrected chi connectivity index (χ3v) is 3.81. The lowest BCUT2D eigenvalue weighted by Crippen LogP contribution is -2.46. The van der Waals surface area contributed by atoms with Gasteiger partial charge in [-0.3, -0.25) is 0 Å². The lowest BCUT2D eigenvalue weighted by atomic mass is 9.94. The van der Waals surface area contributed by atoms with Gasteiger partial charge in [-0.15, -0.1) is 0 Å². The van der Waals surface area contributed by atoms with Crippen LogP contribution in [-0.4, -0.2) is 50.7 Å². The van der Waals surface area contributed by atoms with Crippen molar-refractivity contribution in [2.75, 3.05) is 40.3 Å². The maximum absolute atomic E-state index is 3.56. The molecule has 3 heteroatoms. The normalized spacial score (nSPS) is 20.2. The molecule has 0 amide bonds. The van der Waals surface area contributed by atoms with E-state index in [4.69, 9.17) is 0 Å². The van der Waals surface area contributed by atoms with Crippen LogP contribution < -0.4 is 10.6 Å². The Balaban J connectivity index is 2.03. The summed E-state index contributed by atoms with van der Waals surface area (Å²) in [5.74, 6) is 0.946. The fourth-order valence-electron chi connectivity index (χ4n) is 2.15. The SMILES string of the molecule is CNC(C)(C)CNCCC1CCN(C)CC1. The van der Waals surface area contributed by atoms with E-state index in [1.165, 1.54) is 38.9 Å². The standard InChI is InChI=1S/C13H29N3/c1-13(2,14-3)11-15-8-5-12-6-9-16(4)10-7-12/h12,14-15H,5-11H2,1-4H3. The molecule has 0 radical (unpaired) electrons. The fraction of sp³-hybridized carbons (Fsp3) is 1.00. The van der Waals surface area contributed by atoms with Crippen LogP contribution in [0.25, 0.3) is 0 Å². The minimum atomic E-state index is 0.215. The minimum Gasteiger partial charge on any atom is -0.315 e.